The summed E-state index contributed by atoms with van der Waals surface area (Å²) in [7, 11) is 0. The van der Waals surface area contributed by atoms with Crippen LogP contribution in [0, 0.1) is 0 Å². The van der Waals surface area contributed by atoms with E-state index in [2.05, 4.69) is 11.6 Å². The van der Waals surface area contributed by atoms with Gasteiger partial charge in [-0.25, -0.2) is 4.98 Å². The SMILES string of the molecule is C=CC.CC(=O)c1cnc(Cl)c(Cl)c1. The van der Waals surface area contributed by atoms with E-state index in [1.807, 2.05) is 6.92 Å². The molecule has 0 radical (unpaired) electrons. The molecule has 0 aliphatic carbocycles. The van der Waals surface area contributed by atoms with Gasteiger partial charge >= 0.3 is 0 Å². The summed E-state index contributed by atoms with van der Waals surface area (Å²) >= 11 is 11.1. The number of carbonyl (C=O) groups excluding carboxylic acids is 1. The minimum absolute atomic E-state index is 0.0731. The van der Waals surface area contributed by atoms with Crippen LogP contribution in [-0.4, -0.2) is 10.8 Å². The molecule has 1 aromatic heterocycles. The fourth-order valence-electron chi connectivity index (χ4n) is 0.614. The van der Waals surface area contributed by atoms with Gasteiger partial charge in [0, 0.05) is 11.8 Å². The van der Waals surface area contributed by atoms with Crippen LogP contribution in [0.1, 0.15) is 24.2 Å². The number of Topliss-reactive ketones (excluding diaryl/α,β-unsaturated/α-hetero) is 1. The maximum absolute atomic E-state index is 10.8. The molecule has 76 valence electrons. The Morgan fingerprint density at radius 2 is 2.07 bits per heavy atom. The molecular formula is C10H11Cl2NO. The van der Waals surface area contributed by atoms with Crippen LogP contribution in [0.15, 0.2) is 24.9 Å². The van der Waals surface area contributed by atoms with Gasteiger partial charge < -0.3 is 0 Å². The zero-order valence-corrected chi connectivity index (χ0v) is 9.56. The Bertz CT molecular complexity index is 337. The molecule has 0 amide bonds. The Morgan fingerprint density at radius 3 is 2.43 bits per heavy atom. The second-order valence-corrected chi connectivity index (χ2v) is 3.23. The minimum atomic E-state index is -0.0731. The summed E-state index contributed by atoms with van der Waals surface area (Å²) in [5, 5.41) is 0.524. The molecule has 0 aromatic carbocycles. The summed E-state index contributed by atoms with van der Waals surface area (Å²) in [5.41, 5.74) is 0.472. The van der Waals surface area contributed by atoms with E-state index in [1.54, 1.807) is 6.08 Å². The van der Waals surface area contributed by atoms with Crippen molar-refractivity contribution in [3.8, 4) is 0 Å². The van der Waals surface area contributed by atoms with E-state index >= 15 is 0 Å². The Morgan fingerprint density at radius 1 is 1.57 bits per heavy atom. The standard InChI is InChI=1S/C7H5Cl2NO.C3H6/c1-4(11)5-2-6(8)7(9)10-3-5;1-3-2/h2-3H,1H3;3H,1H2,2H3. The van der Waals surface area contributed by atoms with Crippen molar-refractivity contribution in [1.82, 2.24) is 4.98 Å². The fraction of sp³-hybridized carbons (Fsp3) is 0.200. The third-order valence-electron chi connectivity index (χ3n) is 1.20. The van der Waals surface area contributed by atoms with Gasteiger partial charge in [-0.15, -0.1) is 6.58 Å². The van der Waals surface area contributed by atoms with E-state index in [-0.39, 0.29) is 10.9 Å². The van der Waals surface area contributed by atoms with Gasteiger partial charge in [0.1, 0.15) is 5.15 Å². The van der Waals surface area contributed by atoms with Crippen LogP contribution < -0.4 is 0 Å². The minimum Gasteiger partial charge on any atom is -0.294 e. The molecular weight excluding hydrogens is 221 g/mol. The Labute approximate surface area is 93.6 Å². The van der Waals surface area contributed by atoms with Crippen molar-refractivity contribution < 1.29 is 4.79 Å². The average Bonchev–Trinajstić information content (AvgIpc) is 2.10. The van der Waals surface area contributed by atoms with E-state index in [0.29, 0.717) is 10.6 Å². The van der Waals surface area contributed by atoms with Crippen LogP contribution in [0.3, 0.4) is 0 Å². The van der Waals surface area contributed by atoms with Crippen molar-refractivity contribution in [2.24, 2.45) is 0 Å². The molecule has 0 aliphatic rings. The lowest BCUT2D eigenvalue weighted by molar-refractivity contribution is 0.101. The lowest BCUT2D eigenvalue weighted by Gasteiger charge is -1.96. The molecule has 0 aliphatic heterocycles. The number of carbonyl (C=O) groups is 1. The first kappa shape index (κ1) is 13.1. The largest absolute Gasteiger partial charge is 0.294 e. The zero-order chi connectivity index (χ0) is 11.1. The first-order valence-electron chi connectivity index (χ1n) is 3.92. The van der Waals surface area contributed by atoms with Crippen molar-refractivity contribution in [2.45, 2.75) is 13.8 Å². The highest BCUT2D eigenvalue weighted by atomic mass is 35.5. The molecule has 1 heterocycles. The monoisotopic (exact) mass is 231 g/mol. The molecule has 0 unspecified atom stereocenters. The number of rotatable bonds is 1. The van der Waals surface area contributed by atoms with E-state index in [0.717, 1.165) is 0 Å². The number of hydrogen-bond acceptors (Lipinski definition) is 2. The molecule has 4 heteroatoms. The number of pyridine rings is 1. The third kappa shape index (κ3) is 4.40. The molecule has 1 aromatic rings. The lowest BCUT2D eigenvalue weighted by atomic mass is 10.2. The molecule has 0 saturated heterocycles. The summed E-state index contributed by atoms with van der Waals surface area (Å²) in [6.07, 6.45) is 3.15. The second-order valence-electron chi connectivity index (χ2n) is 2.46. The van der Waals surface area contributed by atoms with Gasteiger partial charge in [0.15, 0.2) is 5.78 Å². The maximum atomic E-state index is 10.8. The number of allylic oxidation sites excluding steroid dienone is 1. The van der Waals surface area contributed by atoms with E-state index in [9.17, 15) is 4.79 Å². The first-order valence-corrected chi connectivity index (χ1v) is 4.67. The van der Waals surface area contributed by atoms with E-state index in [1.165, 1.54) is 19.2 Å². The van der Waals surface area contributed by atoms with Crippen molar-refractivity contribution >= 4 is 29.0 Å². The number of hydrogen-bond donors (Lipinski definition) is 0. The van der Waals surface area contributed by atoms with Gasteiger partial charge in [-0.1, -0.05) is 29.3 Å². The second kappa shape index (κ2) is 6.57. The summed E-state index contributed by atoms with van der Waals surface area (Å²) in [6.45, 7) is 6.70. The number of aromatic nitrogens is 1. The summed E-state index contributed by atoms with van der Waals surface area (Å²) in [6, 6.07) is 1.50. The Balaban J connectivity index is 0.000000500. The van der Waals surface area contributed by atoms with Crippen LogP contribution in [-0.2, 0) is 0 Å². The van der Waals surface area contributed by atoms with Gasteiger partial charge in [-0.05, 0) is 19.9 Å². The zero-order valence-electron chi connectivity index (χ0n) is 8.05. The number of ketones is 1. The molecule has 1 rings (SSSR count). The molecule has 14 heavy (non-hydrogen) atoms. The third-order valence-corrected chi connectivity index (χ3v) is 1.89. The molecule has 0 saturated carbocycles. The van der Waals surface area contributed by atoms with E-state index in [4.69, 9.17) is 23.2 Å². The van der Waals surface area contributed by atoms with Crippen molar-refractivity contribution in [2.75, 3.05) is 0 Å². The van der Waals surface area contributed by atoms with Gasteiger partial charge in [0.25, 0.3) is 0 Å². The summed E-state index contributed by atoms with van der Waals surface area (Å²) < 4.78 is 0. The molecule has 0 spiro atoms. The Kier molecular flexibility index (Phi) is 6.17. The topological polar surface area (TPSA) is 30.0 Å². The number of halogens is 2. The highest BCUT2D eigenvalue weighted by molar-refractivity contribution is 6.41. The van der Waals surface area contributed by atoms with Gasteiger partial charge in [-0.3, -0.25) is 4.79 Å². The molecule has 2 nitrogen and oxygen atoms in total. The highest BCUT2D eigenvalue weighted by Gasteiger charge is 2.03. The van der Waals surface area contributed by atoms with Gasteiger partial charge in [-0.2, -0.15) is 0 Å². The molecule has 0 N–H and O–H groups in total. The maximum Gasteiger partial charge on any atom is 0.161 e. The summed E-state index contributed by atoms with van der Waals surface area (Å²) in [5.74, 6) is -0.0731. The van der Waals surface area contributed by atoms with Crippen LogP contribution in [0.4, 0.5) is 0 Å². The number of nitrogens with zero attached hydrogens (tertiary/aromatic N) is 1. The van der Waals surface area contributed by atoms with Crippen LogP contribution >= 0.6 is 23.2 Å². The van der Waals surface area contributed by atoms with Crippen molar-refractivity contribution in [1.29, 1.82) is 0 Å². The van der Waals surface area contributed by atoms with Crippen LogP contribution in [0.2, 0.25) is 10.2 Å². The van der Waals surface area contributed by atoms with Crippen LogP contribution in [0.25, 0.3) is 0 Å². The molecule has 0 atom stereocenters. The highest BCUT2D eigenvalue weighted by Crippen LogP contribution is 2.19. The Hall–Kier alpha value is -0.860. The van der Waals surface area contributed by atoms with Gasteiger partial charge in [0.05, 0.1) is 5.02 Å². The average molecular weight is 232 g/mol. The quantitative estimate of drug-likeness (QED) is 0.419. The molecule has 0 bridgehead atoms. The van der Waals surface area contributed by atoms with E-state index < -0.39 is 0 Å². The fourth-order valence-corrected chi connectivity index (χ4v) is 0.883. The summed E-state index contributed by atoms with van der Waals surface area (Å²) in [4.78, 5) is 14.5. The molecule has 0 fully saturated rings. The normalized spacial score (nSPS) is 8.57. The smallest absolute Gasteiger partial charge is 0.161 e. The first-order chi connectivity index (χ1) is 6.52. The van der Waals surface area contributed by atoms with Crippen molar-refractivity contribution in [3.05, 3.63) is 40.7 Å². The van der Waals surface area contributed by atoms with Crippen molar-refractivity contribution in [3.63, 3.8) is 0 Å². The predicted molar refractivity (Wildman–Crippen MR) is 60.1 cm³/mol. The lowest BCUT2D eigenvalue weighted by Crippen LogP contribution is -1.92. The van der Waals surface area contributed by atoms with Crippen LogP contribution in [0.5, 0.6) is 0 Å². The predicted octanol–water partition coefficient (Wildman–Crippen LogP) is 3.78. The van der Waals surface area contributed by atoms with Gasteiger partial charge in [0.2, 0.25) is 0 Å².